The number of benzene rings is 2. The van der Waals surface area contributed by atoms with Crippen molar-refractivity contribution in [3.63, 3.8) is 0 Å². The van der Waals surface area contributed by atoms with Gasteiger partial charge in [0.25, 0.3) is 5.91 Å². The van der Waals surface area contributed by atoms with Gasteiger partial charge in [-0.2, -0.15) is 0 Å². The van der Waals surface area contributed by atoms with Crippen molar-refractivity contribution in [1.82, 2.24) is 10.2 Å². The van der Waals surface area contributed by atoms with Gasteiger partial charge >= 0.3 is 0 Å². The molecule has 0 aliphatic heterocycles. The summed E-state index contributed by atoms with van der Waals surface area (Å²) in [5.74, 6) is 1.21. The Hall–Kier alpha value is -3.32. The lowest BCUT2D eigenvalue weighted by atomic mass is 10.2. The highest BCUT2D eigenvalue weighted by molar-refractivity contribution is 6.32. The Balaban J connectivity index is 1.79. The van der Waals surface area contributed by atoms with Gasteiger partial charge in [-0.3, -0.25) is 4.79 Å². The first-order valence-electron chi connectivity index (χ1n) is 8.39. The number of carbonyl (C=O) groups is 1. The third-order valence-corrected chi connectivity index (χ3v) is 4.36. The Labute approximate surface area is 167 Å². The molecule has 1 heterocycles. The number of aromatic nitrogens is 2. The SMILES string of the molecule is COc1cc(Nc2ccc(C(=O)N(C)c3ccccc3)nn2)c(OC)cc1Cl. The molecule has 8 heteroatoms. The molecule has 3 aromatic rings. The Bertz CT molecular complexity index is 965. The summed E-state index contributed by atoms with van der Waals surface area (Å²) in [6.45, 7) is 0. The van der Waals surface area contributed by atoms with E-state index in [1.165, 1.54) is 19.1 Å². The van der Waals surface area contributed by atoms with Crippen molar-refractivity contribution in [1.29, 1.82) is 0 Å². The first-order chi connectivity index (χ1) is 13.5. The molecular formula is C20H19ClN4O3. The number of nitrogens with one attached hydrogen (secondary N) is 1. The molecule has 0 atom stereocenters. The lowest BCUT2D eigenvalue weighted by molar-refractivity contribution is 0.0987. The molecule has 0 bridgehead atoms. The lowest BCUT2D eigenvalue weighted by Gasteiger charge is -2.16. The molecule has 144 valence electrons. The third-order valence-electron chi connectivity index (χ3n) is 4.07. The Morgan fingerprint density at radius 1 is 1.00 bits per heavy atom. The molecular weight excluding hydrogens is 380 g/mol. The molecule has 1 aromatic heterocycles. The summed E-state index contributed by atoms with van der Waals surface area (Å²) in [6.07, 6.45) is 0. The smallest absolute Gasteiger partial charge is 0.278 e. The molecule has 0 radical (unpaired) electrons. The number of hydrogen-bond acceptors (Lipinski definition) is 6. The van der Waals surface area contributed by atoms with Crippen LogP contribution in [-0.2, 0) is 0 Å². The van der Waals surface area contributed by atoms with Crippen molar-refractivity contribution in [3.8, 4) is 11.5 Å². The lowest BCUT2D eigenvalue weighted by Crippen LogP contribution is -2.27. The maximum Gasteiger partial charge on any atom is 0.278 e. The minimum atomic E-state index is -0.254. The zero-order valence-corrected chi connectivity index (χ0v) is 16.4. The van der Waals surface area contributed by atoms with Crippen LogP contribution in [0.25, 0.3) is 0 Å². The number of amides is 1. The van der Waals surface area contributed by atoms with Gasteiger partial charge in [-0.05, 0) is 24.3 Å². The zero-order chi connectivity index (χ0) is 20.1. The van der Waals surface area contributed by atoms with Crippen molar-refractivity contribution >= 4 is 34.7 Å². The highest BCUT2D eigenvalue weighted by atomic mass is 35.5. The number of ether oxygens (including phenoxy) is 2. The van der Waals surface area contributed by atoms with Gasteiger partial charge in [-0.15, -0.1) is 10.2 Å². The van der Waals surface area contributed by atoms with Crippen molar-refractivity contribution in [2.24, 2.45) is 0 Å². The van der Waals surface area contributed by atoms with Gasteiger partial charge in [0.1, 0.15) is 11.5 Å². The topological polar surface area (TPSA) is 76.6 Å². The number of carbonyl (C=O) groups excluding carboxylic acids is 1. The van der Waals surface area contributed by atoms with E-state index in [4.69, 9.17) is 21.1 Å². The van der Waals surface area contributed by atoms with Gasteiger partial charge in [0.15, 0.2) is 11.5 Å². The van der Waals surface area contributed by atoms with E-state index < -0.39 is 0 Å². The molecule has 7 nitrogen and oxygen atoms in total. The van der Waals surface area contributed by atoms with Crippen LogP contribution in [0.3, 0.4) is 0 Å². The highest BCUT2D eigenvalue weighted by Crippen LogP contribution is 2.37. The van der Waals surface area contributed by atoms with Crippen LogP contribution in [-0.4, -0.2) is 37.4 Å². The predicted octanol–water partition coefficient (Wildman–Crippen LogP) is 4.17. The molecule has 0 aliphatic rings. The van der Waals surface area contributed by atoms with E-state index in [1.54, 1.807) is 31.3 Å². The van der Waals surface area contributed by atoms with Crippen LogP contribution >= 0.6 is 11.6 Å². The molecule has 1 N–H and O–H groups in total. The minimum Gasteiger partial charge on any atom is -0.495 e. The summed E-state index contributed by atoms with van der Waals surface area (Å²) >= 11 is 6.12. The molecule has 28 heavy (non-hydrogen) atoms. The number of para-hydroxylation sites is 1. The fourth-order valence-electron chi connectivity index (χ4n) is 2.55. The summed E-state index contributed by atoms with van der Waals surface area (Å²) < 4.78 is 10.6. The first kappa shape index (κ1) is 19.4. The van der Waals surface area contributed by atoms with Crippen molar-refractivity contribution in [2.75, 3.05) is 31.5 Å². The maximum atomic E-state index is 12.6. The predicted molar refractivity (Wildman–Crippen MR) is 109 cm³/mol. The number of hydrogen-bond donors (Lipinski definition) is 1. The van der Waals surface area contributed by atoms with Crippen LogP contribution in [0.2, 0.25) is 5.02 Å². The molecule has 0 fully saturated rings. The quantitative estimate of drug-likeness (QED) is 0.671. The van der Waals surface area contributed by atoms with E-state index in [0.717, 1.165) is 5.69 Å². The number of anilines is 3. The van der Waals surface area contributed by atoms with E-state index >= 15 is 0 Å². The van der Waals surface area contributed by atoms with Crippen LogP contribution in [0.5, 0.6) is 11.5 Å². The van der Waals surface area contributed by atoms with E-state index in [1.807, 2.05) is 30.3 Å². The second-order valence-electron chi connectivity index (χ2n) is 5.82. The summed E-state index contributed by atoms with van der Waals surface area (Å²) in [6, 6.07) is 15.9. The van der Waals surface area contributed by atoms with Crippen LogP contribution in [0, 0.1) is 0 Å². The van der Waals surface area contributed by atoms with E-state index in [-0.39, 0.29) is 11.6 Å². The molecule has 0 aliphatic carbocycles. The standard InChI is InChI=1S/C20H19ClN4O3/c1-25(13-7-5-4-6-8-13)20(26)15-9-10-19(24-23-15)22-16-12-17(27-2)14(21)11-18(16)28-3/h4-12H,1-3H3,(H,22,24). The van der Waals surface area contributed by atoms with E-state index in [9.17, 15) is 4.79 Å². The van der Waals surface area contributed by atoms with Crippen LogP contribution < -0.4 is 19.7 Å². The molecule has 0 saturated carbocycles. The molecule has 2 aromatic carbocycles. The van der Waals surface area contributed by atoms with Crippen molar-refractivity contribution in [3.05, 3.63) is 65.3 Å². The summed E-state index contributed by atoms with van der Waals surface area (Å²) in [7, 11) is 4.76. The number of rotatable bonds is 6. The molecule has 0 unspecified atom stereocenters. The number of methoxy groups -OCH3 is 2. The van der Waals surface area contributed by atoms with Gasteiger partial charge in [0.2, 0.25) is 0 Å². The van der Waals surface area contributed by atoms with Gasteiger partial charge in [-0.1, -0.05) is 29.8 Å². The van der Waals surface area contributed by atoms with Gasteiger partial charge in [0, 0.05) is 24.9 Å². The maximum absolute atomic E-state index is 12.6. The first-order valence-corrected chi connectivity index (χ1v) is 8.76. The summed E-state index contributed by atoms with van der Waals surface area (Å²) in [4.78, 5) is 14.1. The monoisotopic (exact) mass is 398 g/mol. The van der Waals surface area contributed by atoms with Gasteiger partial charge < -0.3 is 19.7 Å². The molecule has 0 spiro atoms. The highest BCUT2D eigenvalue weighted by Gasteiger charge is 2.16. The average molecular weight is 399 g/mol. The zero-order valence-electron chi connectivity index (χ0n) is 15.6. The molecule has 3 rings (SSSR count). The van der Waals surface area contributed by atoms with E-state index in [2.05, 4.69) is 15.5 Å². The normalized spacial score (nSPS) is 10.3. The summed E-state index contributed by atoms with van der Waals surface area (Å²) in [5, 5.41) is 11.6. The van der Waals surface area contributed by atoms with Crippen LogP contribution in [0.15, 0.2) is 54.6 Å². The second-order valence-corrected chi connectivity index (χ2v) is 6.22. The number of nitrogens with zero attached hydrogens (tertiary/aromatic N) is 3. The Kier molecular flexibility index (Phi) is 5.96. The van der Waals surface area contributed by atoms with Gasteiger partial charge in [-0.25, -0.2) is 0 Å². The number of halogens is 1. The Morgan fingerprint density at radius 3 is 2.32 bits per heavy atom. The average Bonchev–Trinajstić information content (AvgIpc) is 2.74. The van der Waals surface area contributed by atoms with Gasteiger partial charge in [0.05, 0.1) is 24.9 Å². The second kappa shape index (κ2) is 8.58. The van der Waals surface area contributed by atoms with E-state index in [0.29, 0.717) is 28.0 Å². The molecule has 0 saturated heterocycles. The van der Waals surface area contributed by atoms with Crippen molar-refractivity contribution in [2.45, 2.75) is 0 Å². The molecule has 1 amide bonds. The Morgan fingerprint density at radius 2 is 1.71 bits per heavy atom. The summed E-state index contributed by atoms with van der Waals surface area (Å²) in [5.41, 5.74) is 1.62. The largest absolute Gasteiger partial charge is 0.495 e. The fraction of sp³-hybridized carbons (Fsp3) is 0.150. The third kappa shape index (κ3) is 4.15. The van der Waals surface area contributed by atoms with Crippen LogP contribution in [0.1, 0.15) is 10.5 Å². The van der Waals surface area contributed by atoms with Crippen molar-refractivity contribution < 1.29 is 14.3 Å². The minimum absolute atomic E-state index is 0.234. The van der Waals surface area contributed by atoms with Crippen LogP contribution in [0.4, 0.5) is 17.2 Å². The fourth-order valence-corrected chi connectivity index (χ4v) is 2.78.